The van der Waals surface area contributed by atoms with Crippen molar-refractivity contribution in [3.8, 4) is 11.8 Å². The zero-order chi connectivity index (χ0) is 19.4. The second-order valence-corrected chi connectivity index (χ2v) is 6.92. The molecule has 0 spiro atoms. The number of aliphatic hydroxyl groups is 1. The first-order valence-corrected chi connectivity index (χ1v) is 9.61. The summed E-state index contributed by atoms with van der Waals surface area (Å²) in [6.07, 6.45) is 9.49. The lowest BCUT2D eigenvalue weighted by molar-refractivity contribution is -0.140. The Bertz CT molecular complexity index is 532. The molecule has 1 amide bonds. The number of unbranched alkanes of at least 4 members (excludes halogenated alkanes) is 3. The molecule has 0 aromatic rings. The van der Waals surface area contributed by atoms with Crippen LogP contribution in [0.1, 0.15) is 65.2 Å². The third-order valence-corrected chi connectivity index (χ3v) is 4.85. The molecule has 0 aliphatic carbocycles. The predicted molar refractivity (Wildman–Crippen MR) is 102 cm³/mol. The zero-order valence-corrected chi connectivity index (χ0v) is 16.4. The monoisotopic (exact) mass is 363 g/mol. The third-order valence-electron chi connectivity index (χ3n) is 4.85. The minimum atomic E-state index is -0.535. The number of amides is 1. The molecule has 1 heterocycles. The van der Waals surface area contributed by atoms with Crippen LogP contribution in [0.2, 0.25) is 0 Å². The number of ether oxygens (including phenoxy) is 1. The lowest BCUT2D eigenvalue weighted by atomic mass is 10.00. The standard InChI is InChI=1S/C21H33NO4/c1-4-5-10-17(2)19(23)14-12-18-13-15-20(24)22(18)16-9-7-6-8-11-21(25)26-3/h12,14,17-19,23H,6-11,13,15-16H2,1-3H3/t17-,18?,19+/m0/s1. The molecule has 0 saturated carbocycles. The van der Waals surface area contributed by atoms with Gasteiger partial charge in [-0.25, -0.2) is 0 Å². The van der Waals surface area contributed by atoms with E-state index in [9.17, 15) is 14.7 Å². The highest BCUT2D eigenvalue weighted by Crippen LogP contribution is 2.21. The van der Waals surface area contributed by atoms with E-state index in [1.165, 1.54) is 7.11 Å². The van der Waals surface area contributed by atoms with Crippen molar-refractivity contribution in [3.63, 3.8) is 0 Å². The van der Waals surface area contributed by atoms with E-state index < -0.39 is 6.10 Å². The van der Waals surface area contributed by atoms with Gasteiger partial charge in [0.15, 0.2) is 0 Å². The van der Waals surface area contributed by atoms with Gasteiger partial charge in [-0.15, -0.1) is 11.8 Å². The Kier molecular flexibility index (Phi) is 10.7. The Morgan fingerprint density at radius 1 is 1.38 bits per heavy atom. The van der Waals surface area contributed by atoms with E-state index in [0.29, 0.717) is 19.3 Å². The topological polar surface area (TPSA) is 66.8 Å². The van der Waals surface area contributed by atoms with E-state index in [0.717, 1.165) is 38.6 Å². The van der Waals surface area contributed by atoms with Gasteiger partial charge < -0.3 is 14.7 Å². The van der Waals surface area contributed by atoms with Gasteiger partial charge in [-0.3, -0.25) is 9.59 Å². The van der Waals surface area contributed by atoms with E-state index in [2.05, 4.69) is 16.6 Å². The molecule has 1 saturated heterocycles. The van der Waals surface area contributed by atoms with Gasteiger partial charge in [0.05, 0.1) is 19.3 Å². The molecular weight excluding hydrogens is 330 g/mol. The number of hydrogen-bond donors (Lipinski definition) is 1. The van der Waals surface area contributed by atoms with Crippen LogP contribution in [0, 0.1) is 17.8 Å². The Morgan fingerprint density at radius 2 is 2.12 bits per heavy atom. The maximum atomic E-state index is 12.1. The lowest BCUT2D eigenvalue weighted by Crippen LogP contribution is -2.33. The van der Waals surface area contributed by atoms with Crippen molar-refractivity contribution < 1.29 is 19.4 Å². The Labute approximate surface area is 157 Å². The second-order valence-electron chi connectivity index (χ2n) is 6.92. The van der Waals surface area contributed by atoms with E-state index in [-0.39, 0.29) is 23.8 Å². The fraction of sp³-hybridized carbons (Fsp3) is 0.714. The number of hydrogen-bond acceptors (Lipinski definition) is 4. The predicted octanol–water partition coefficient (Wildman–Crippen LogP) is 3.07. The molecule has 1 aliphatic rings. The number of rotatable bonds is 11. The Morgan fingerprint density at radius 3 is 2.81 bits per heavy atom. The van der Waals surface area contributed by atoms with E-state index in [1.807, 2.05) is 24.0 Å². The molecule has 0 radical (unpaired) electrons. The minimum Gasteiger partial charge on any atom is -0.469 e. The zero-order valence-electron chi connectivity index (χ0n) is 16.4. The number of likely N-dealkylation sites (tertiary alicyclic amines) is 1. The quantitative estimate of drug-likeness (QED) is 0.265. The van der Waals surface area contributed by atoms with E-state index in [4.69, 9.17) is 0 Å². The van der Waals surface area contributed by atoms with Crippen molar-refractivity contribution in [2.75, 3.05) is 13.7 Å². The average Bonchev–Trinajstić information content (AvgIpc) is 2.99. The Balaban J connectivity index is 2.36. The molecule has 1 N–H and O–H groups in total. The van der Waals surface area contributed by atoms with Crippen molar-refractivity contribution in [2.45, 2.75) is 77.4 Å². The van der Waals surface area contributed by atoms with Gasteiger partial charge in [-0.05, 0) is 32.1 Å². The van der Waals surface area contributed by atoms with Crippen LogP contribution in [0.4, 0.5) is 0 Å². The van der Waals surface area contributed by atoms with Crippen LogP contribution in [-0.4, -0.2) is 47.7 Å². The lowest BCUT2D eigenvalue weighted by Gasteiger charge is -2.23. The number of carbonyl (C=O) groups excluding carboxylic acids is 2. The number of methoxy groups -OCH3 is 1. The number of aliphatic hydroxyl groups excluding tert-OH is 1. The number of nitrogens with zero attached hydrogens (tertiary/aromatic N) is 1. The summed E-state index contributed by atoms with van der Waals surface area (Å²) < 4.78 is 4.62. The molecule has 1 unspecified atom stereocenters. The van der Waals surface area contributed by atoms with Gasteiger partial charge in [0.1, 0.15) is 0 Å². The normalized spacial score (nSPS) is 19.3. The SMILES string of the molecule is CC#CC[C@H](C)[C@H](O)C=CC1CCC(=O)N1CCCCCCC(=O)OC. The summed E-state index contributed by atoms with van der Waals surface area (Å²) in [7, 11) is 1.41. The highest BCUT2D eigenvalue weighted by molar-refractivity contribution is 5.79. The molecule has 146 valence electrons. The van der Waals surface area contributed by atoms with Crippen LogP contribution < -0.4 is 0 Å². The average molecular weight is 363 g/mol. The molecule has 0 aromatic heterocycles. The summed E-state index contributed by atoms with van der Waals surface area (Å²) >= 11 is 0. The van der Waals surface area contributed by atoms with Crippen molar-refractivity contribution in [1.29, 1.82) is 0 Å². The molecule has 5 heteroatoms. The highest BCUT2D eigenvalue weighted by Gasteiger charge is 2.28. The summed E-state index contributed by atoms with van der Waals surface area (Å²) in [6.45, 7) is 4.51. The molecule has 1 fully saturated rings. The first-order valence-electron chi connectivity index (χ1n) is 9.61. The van der Waals surface area contributed by atoms with Crippen molar-refractivity contribution in [3.05, 3.63) is 12.2 Å². The van der Waals surface area contributed by atoms with Crippen LogP contribution in [0.15, 0.2) is 12.2 Å². The van der Waals surface area contributed by atoms with Crippen LogP contribution in [-0.2, 0) is 14.3 Å². The van der Waals surface area contributed by atoms with Crippen LogP contribution >= 0.6 is 0 Å². The van der Waals surface area contributed by atoms with Crippen LogP contribution in [0.3, 0.4) is 0 Å². The summed E-state index contributed by atoms with van der Waals surface area (Å²) in [5.41, 5.74) is 0. The van der Waals surface area contributed by atoms with Crippen molar-refractivity contribution in [2.24, 2.45) is 5.92 Å². The molecule has 5 nitrogen and oxygen atoms in total. The summed E-state index contributed by atoms with van der Waals surface area (Å²) in [6, 6.07) is 0.0803. The largest absolute Gasteiger partial charge is 0.469 e. The smallest absolute Gasteiger partial charge is 0.305 e. The summed E-state index contributed by atoms with van der Waals surface area (Å²) in [5, 5.41) is 10.2. The number of esters is 1. The maximum absolute atomic E-state index is 12.1. The fourth-order valence-corrected chi connectivity index (χ4v) is 3.07. The fourth-order valence-electron chi connectivity index (χ4n) is 3.07. The molecule has 26 heavy (non-hydrogen) atoms. The molecule has 0 bridgehead atoms. The molecular formula is C21H33NO4. The first-order chi connectivity index (χ1) is 12.5. The molecule has 1 aliphatic heterocycles. The minimum absolute atomic E-state index is 0.0803. The van der Waals surface area contributed by atoms with Crippen LogP contribution in [0.5, 0.6) is 0 Å². The van der Waals surface area contributed by atoms with Crippen LogP contribution in [0.25, 0.3) is 0 Å². The highest BCUT2D eigenvalue weighted by atomic mass is 16.5. The van der Waals surface area contributed by atoms with E-state index in [1.54, 1.807) is 6.92 Å². The maximum Gasteiger partial charge on any atom is 0.305 e. The van der Waals surface area contributed by atoms with Crippen molar-refractivity contribution in [1.82, 2.24) is 4.90 Å². The van der Waals surface area contributed by atoms with Gasteiger partial charge in [0, 0.05) is 25.8 Å². The van der Waals surface area contributed by atoms with Crippen molar-refractivity contribution >= 4 is 11.9 Å². The van der Waals surface area contributed by atoms with Gasteiger partial charge >= 0.3 is 5.97 Å². The molecule has 1 rings (SSSR count). The summed E-state index contributed by atoms with van der Waals surface area (Å²) in [4.78, 5) is 25.1. The van der Waals surface area contributed by atoms with E-state index >= 15 is 0 Å². The number of carbonyl (C=O) groups is 2. The van der Waals surface area contributed by atoms with Gasteiger partial charge in [0.2, 0.25) is 5.91 Å². The van der Waals surface area contributed by atoms with Gasteiger partial charge in [-0.2, -0.15) is 0 Å². The third kappa shape index (κ3) is 8.05. The molecule has 0 aromatic carbocycles. The second kappa shape index (κ2) is 12.5. The Hall–Kier alpha value is -1.80. The molecule has 3 atom stereocenters. The van der Waals surface area contributed by atoms with Gasteiger partial charge in [0.25, 0.3) is 0 Å². The summed E-state index contributed by atoms with van der Waals surface area (Å²) in [5.74, 6) is 5.94. The van der Waals surface area contributed by atoms with Gasteiger partial charge in [-0.1, -0.05) is 31.9 Å². The first kappa shape index (κ1) is 22.2.